The van der Waals surface area contributed by atoms with Crippen molar-refractivity contribution in [2.75, 3.05) is 6.61 Å². The second-order valence-electron chi connectivity index (χ2n) is 6.71. The zero-order chi connectivity index (χ0) is 21.1. The van der Waals surface area contributed by atoms with Crippen LogP contribution < -0.4 is 9.47 Å². The highest BCUT2D eigenvalue weighted by molar-refractivity contribution is 6.14. The molecule has 152 valence electrons. The fraction of sp³-hybridized carbons (Fsp3) is 0.167. The molecule has 2 heterocycles. The van der Waals surface area contributed by atoms with Crippen LogP contribution in [0.15, 0.2) is 70.8 Å². The third-order valence-electron chi connectivity index (χ3n) is 4.53. The molecule has 0 amide bonds. The summed E-state index contributed by atoms with van der Waals surface area (Å²) >= 11 is 0. The molecule has 6 heteroatoms. The summed E-state index contributed by atoms with van der Waals surface area (Å²) in [7, 11) is 0. The van der Waals surface area contributed by atoms with Crippen LogP contribution in [0.3, 0.4) is 0 Å². The van der Waals surface area contributed by atoms with E-state index in [0.717, 1.165) is 5.76 Å². The second kappa shape index (κ2) is 8.29. The van der Waals surface area contributed by atoms with Crippen molar-refractivity contribution >= 4 is 17.8 Å². The predicted molar refractivity (Wildman–Crippen MR) is 109 cm³/mol. The number of aryl methyl sites for hydroxylation is 1. The molecule has 2 aromatic carbocycles. The van der Waals surface area contributed by atoms with Gasteiger partial charge >= 0.3 is 5.97 Å². The number of benzene rings is 2. The van der Waals surface area contributed by atoms with E-state index in [-0.39, 0.29) is 18.1 Å². The van der Waals surface area contributed by atoms with Crippen LogP contribution in [0.1, 0.15) is 40.5 Å². The highest BCUT2D eigenvalue weighted by atomic mass is 16.6. The van der Waals surface area contributed by atoms with Crippen molar-refractivity contribution in [1.29, 1.82) is 0 Å². The van der Waals surface area contributed by atoms with E-state index >= 15 is 0 Å². The number of hydrogen-bond donors (Lipinski definition) is 0. The molecule has 0 fully saturated rings. The minimum atomic E-state index is -0.928. The number of rotatable bonds is 6. The molecule has 1 aliphatic rings. The molecule has 0 spiro atoms. The number of Topliss-reactive ketones (excluding diaryl/α,β-unsaturated/α-hetero) is 1. The van der Waals surface area contributed by atoms with Gasteiger partial charge in [-0.1, -0.05) is 30.3 Å². The van der Waals surface area contributed by atoms with E-state index in [1.54, 1.807) is 49.4 Å². The summed E-state index contributed by atoms with van der Waals surface area (Å²) in [6, 6.07) is 17.5. The Hall–Kier alpha value is -3.80. The molecule has 1 aromatic heterocycles. The van der Waals surface area contributed by atoms with Gasteiger partial charge in [0.2, 0.25) is 11.9 Å². The summed E-state index contributed by atoms with van der Waals surface area (Å²) in [5.41, 5.74) is 1.09. The fourth-order valence-electron chi connectivity index (χ4n) is 3.13. The molecule has 3 aromatic rings. The van der Waals surface area contributed by atoms with Crippen LogP contribution in [0.4, 0.5) is 0 Å². The fourth-order valence-corrected chi connectivity index (χ4v) is 3.13. The molecule has 1 aliphatic heterocycles. The van der Waals surface area contributed by atoms with Crippen LogP contribution in [0.5, 0.6) is 11.5 Å². The molecule has 0 saturated heterocycles. The Balaban J connectivity index is 1.59. The van der Waals surface area contributed by atoms with E-state index in [1.165, 1.54) is 0 Å². The first-order chi connectivity index (χ1) is 14.5. The quantitative estimate of drug-likeness (QED) is 0.430. The Labute approximate surface area is 173 Å². The van der Waals surface area contributed by atoms with Crippen molar-refractivity contribution < 1.29 is 28.2 Å². The van der Waals surface area contributed by atoms with Gasteiger partial charge in [0.25, 0.3) is 0 Å². The first-order valence-electron chi connectivity index (χ1n) is 9.58. The van der Waals surface area contributed by atoms with E-state index in [9.17, 15) is 9.59 Å². The molecular weight excluding hydrogens is 384 g/mol. The van der Waals surface area contributed by atoms with Gasteiger partial charge in [-0.25, -0.2) is 4.79 Å². The maximum atomic E-state index is 12.6. The standard InChI is InChI=1S/C24H20O6/c1-3-27-24(26)23(16-7-5-4-6-8-16)29-18-11-12-19-20(13-18)30-21(22(19)25)14-17-10-9-15(2)28-17/h4-14,23H,3H2,1-2H3/b21-14-. The Morgan fingerprint density at radius 3 is 2.60 bits per heavy atom. The molecule has 0 N–H and O–H groups in total. The number of esters is 1. The average Bonchev–Trinajstić information content (AvgIpc) is 3.29. The Bertz CT molecular complexity index is 1110. The van der Waals surface area contributed by atoms with E-state index in [2.05, 4.69) is 0 Å². The van der Waals surface area contributed by atoms with Crippen LogP contribution in [0.25, 0.3) is 6.08 Å². The van der Waals surface area contributed by atoms with Crippen LogP contribution in [-0.2, 0) is 9.53 Å². The first kappa shape index (κ1) is 19.5. The van der Waals surface area contributed by atoms with E-state index in [0.29, 0.717) is 28.4 Å². The monoisotopic (exact) mass is 404 g/mol. The van der Waals surface area contributed by atoms with E-state index in [1.807, 2.05) is 31.2 Å². The van der Waals surface area contributed by atoms with E-state index < -0.39 is 12.1 Å². The van der Waals surface area contributed by atoms with Crippen molar-refractivity contribution in [3.63, 3.8) is 0 Å². The molecular formula is C24H20O6. The molecule has 0 aliphatic carbocycles. The summed E-state index contributed by atoms with van der Waals surface area (Å²) in [5.74, 6) is 1.46. The van der Waals surface area contributed by atoms with Gasteiger partial charge in [0.1, 0.15) is 23.0 Å². The number of hydrogen-bond acceptors (Lipinski definition) is 6. The van der Waals surface area contributed by atoms with Gasteiger partial charge in [0.15, 0.2) is 5.76 Å². The normalized spacial score (nSPS) is 14.9. The summed E-state index contributed by atoms with van der Waals surface area (Å²) in [6.07, 6.45) is 0.628. The zero-order valence-electron chi connectivity index (χ0n) is 16.6. The maximum Gasteiger partial charge on any atom is 0.352 e. The lowest BCUT2D eigenvalue weighted by Gasteiger charge is -2.18. The van der Waals surface area contributed by atoms with Gasteiger partial charge in [0, 0.05) is 17.7 Å². The van der Waals surface area contributed by atoms with Gasteiger partial charge in [-0.3, -0.25) is 4.79 Å². The van der Waals surface area contributed by atoms with Crippen molar-refractivity contribution in [3.8, 4) is 11.5 Å². The molecule has 1 atom stereocenters. The lowest BCUT2D eigenvalue weighted by atomic mass is 10.1. The number of fused-ring (bicyclic) bond motifs is 1. The van der Waals surface area contributed by atoms with Crippen molar-refractivity contribution in [2.24, 2.45) is 0 Å². The van der Waals surface area contributed by atoms with Crippen LogP contribution in [-0.4, -0.2) is 18.4 Å². The largest absolute Gasteiger partial charge is 0.474 e. The van der Waals surface area contributed by atoms with Crippen molar-refractivity contribution in [2.45, 2.75) is 20.0 Å². The SMILES string of the molecule is CCOC(=O)C(Oc1ccc2c(c1)O/C(=C\c1ccc(C)o1)C2=O)c1ccccc1. The summed E-state index contributed by atoms with van der Waals surface area (Å²) < 4.78 is 22.3. The van der Waals surface area contributed by atoms with Crippen LogP contribution in [0, 0.1) is 6.92 Å². The van der Waals surface area contributed by atoms with Gasteiger partial charge in [-0.15, -0.1) is 0 Å². The molecule has 0 radical (unpaired) electrons. The molecule has 0 saturated carbocycles. The lowest BCUT2D eigenvalue weighted by molar-refractivity contribution is -0.151. The van der Waals surface area contributed by atoms with Crippen molar-refractivity contribution in [3.05, 3.63) is 89.1 Å². The van der Waals surface area contributed by atoms with Gasteiger partial charge in [-0.05, 0) is 38.1 Å². The topological polar surface area (TPSA) is 75.0 Å². The number of carbonyl (C=O) groups excluding carboxylic acids is 2. The maximum absolute atomic E-state index is 12.6. The minimum Gasteiger partial charge on any atom is -0.474 e. The average molecular weight is 404 g/mol. The number of allylic oxidation sites excluding steroid dienone is 1. The minimum absolute atomic E-state index is 0.168. The molecule has 0 bridgehead atoms. The van der Waals surface area contributed by atoms with Crippen molar-refractivity contribution in [1.82, 2.24) is 0 Å². The Morgan fingerprint density at radius 2 is 1.90 bits per heavy atom. The smallest absolute Gasteiger partial charge is 0.352 e. The molecule has 30 heavy (non-hydrogen) atoms. The highest BCUT2D eigenvalue weighted by Crippen LogP contribution is 2.36. The van der Waals surface area contributed by atoms with Gasteiger partial charge < -0.3 is 18.6 Å². The van der Waals surface area contributed by atoms with Crippen LogP contribution >= 0.6 is 0 Å². The molecule has 6 nitrogen and oxygen atoms in total. The molecule has 1 unspecified atom stereocenters. The number of ether oxygens (including phenoxy) is 3. The summed E-state index contributed by atoms with van der Waals surface area (Å²) in [6.45, 7) is 3.81. The van der Waals surface area contributed by atoms with E-state index in [4.69, 9.17) is 18.6 Å². The summed E-state index contributed by atoms with van der Waals surface area (Å²) in [5, 5.41) is 0. The third kappa shape index (κ3) is 3.98. The Morgan fingerprint density at radius 1 is 1.10 bits per heavy atom. The third-order valence-corrected chi connectivity index (χ3v) is 4.53. The first-order valence-corrected chi connectivity index (χ1v) is 9.58. The number of ketones is 1. The number of carbonyl (C=O) groups is 2. The summed E-state index contributed by atoms with van der Waals surface area (Å²) in [4.78, 5) is 25.0. The number of furan rings is 1. The second-order valence-corrected chi connectivity index (χ2v) is 6.71. The zero-order valence-corrected chi connectivity index (χ0v) is 16.6. The lowest BCUT2D eigenvalue weighted by Crippen LogP contribution is -2.21. The molecule has 4 rings (SSSR count). The highest BCUT2D eigenvalue weighted by Gasteiger charge is 2.30. The predicted octanol–water partition coefficient (Wildman–Crippen LogP) is 4.89. The Kier molecular flexibility index (Phi) is 5.39. The van der Waals surface area contributed by atoms with Gasteiger partial charge in [-0.2, -0.15) is 0 Å². The van der Waals surface area contributed by atoms with Crippen LogP contribution in [0.2, 0.25) is 0 Å². The van der Waals surface area contributed by atoms with Gasteiger partial charge in [0.05, 0.1) is 12.2 Å².